The molecule has 1 unspecified atom stereocenters. The van der Waals surface area contributed by atoms with Crippen LogP contribution >= 0.6 is 0 Å². The highest BCUT2D eigenvalue weighted by atomic mass is 19.1. The molecule has 1 aliphatic rings. The summed E-state index contributed by atoms with van der Waals surface area (Å²) in [6.07, 6.45) is 1.99. The molecule has 0 saturated carbocycles. The lowest BCUT2D eigenvalue weighted by Gasteiger charge is -2.24. The molecule has 2 heterocycles. The van der Waals surface area contributed by atoms with E-state index in [2.05, 4.69) is 41.4 Å². The summed E-state index contributed by atoms with van der Waals surface area (Å²) in [4.78, 5) is 7.18. The predicted octanol–water partition coefficient (Wildman–Crippen LogP) is 4.39. The smallest absolute Gasteiger partial charge is 0.131 e. The summed E-state index contributed by atoms with van der Waals surface area (Å²) in [7, 11) is 0. The summed E-state index contributed by atoms with van der Waals surface area (Å²) < 4.78 is 13.8. The Kier molecular flexibility index (Phi) is 5.18. The molecule has 1 atom stereocenters. The highest BCUT2D eigenvalue weighted by molar-refractivity contribution is 5.93. The Hall–Kier alpha value is -2.66. The number of anilines is 2. The van der Waals surface area contributed by atoms with Crippen molar-refractivity contribution in [3.63, 3.8) is 0 Å². The van der Waals surface area contributed by atoms with Gasteiger partial charge in [-0.25, -0.2) is 9.37 Å². The number of aryl methyl sites for hydroxylation is 2. The van der Waals surface area contributed by atoms with Crippen molar-refractivity contribution < 1.29 is 4.39 Å². The summed E-state index contributed by atoms with van der Waals surface area (Å²) >= 11 is 0. The first-order valence-electron chi connectivity index (χ1n) is 9.93. The number of hydrogen-bond acceptors (Lipinski definition) is 4. The molecule has 0 spiro atoms. The molecule has 4 nitrogen and oxygen atoms in total. The van der Waals surface area contributed by atoms with Crippen molar-refractivity contribution in [2.45, 2.75) is 39.3 Å². The van der Waals surface area contributed by atoms with Gasteiger partial charge in [0.15, 0.2) is 0 Å². The summed E-state index contributed by atoms with van der Waals surface area (Å²) in [5.74, 6) is 0.738. The van der Waals surface area contributed by atoms with Gasteiger partial charge in [0.05, 0.1) is 5.52 Å². The van der Waals surface area contributed by atoms with Gasteiger partial charge in [-0.05, 0) is 62.1 Å². The maximum atomic E-state index is 13.8. The molecule has 0 saturated heterocycles. The number of rotatable bonds is 4. The largest absolute Gasteiger partial charge is 0.383 e. The molecule has 0 aliphatic carbocycles. The fourth-order valence-electron chi connectivity index (χ4n) is 3.83. The number of hydrogen-bond donors (Lipinski definition) is 2. The summed E-state index contributed by atoms with van der Waals surface area (Å²) in [6, 6.07) is 13.6. The predicted molar refractivity (Wildman–Crippen MR) is 114 cm³/mol. The molecule has 1 aromatic heterocycles. The van der Waals surface area contributed by atoms with Crippen LogP contribution in [0.2, 0.25) is 0 Å². The highest BCUT2D eigenvalue weighted by Crippen LogP contribution is 2.30. The van der Waals surface area contributed by atoms with Crippen LogP contribution in [0, 0.1) is 12.7 Å². The molecule has 3 aromatic rings. The van der Waals surface area contributed by atoms with E-state index in [1.807, 2.05) is 13.0 Å². The van der Waals surface area contributed by atoms with E-state index in [1.165, 1.54) is 11.1 Å². The molecule has 4 rings (SSSR count). The Labute approximate surface area is 165 Å². The average molecular weight is 378 g/mol. The third-order valence-electron chi connectivity index (χ3n) is 5.29. The van der Waals surface area contributed by atoms with Gasteiger partial charge < -0.3 is 16.0 Å². The summed E-state index contributed by atoms with van der Waals surface area (Å²) in [6.45, 7) is 6.34. The second-order valence-corrected chi connectivity index (χ2v) is 7.84. The Morgan fingerprint density at radius 1 is 1.18 bits per heavy atom. The number of nitrogens with one attached hydrogen (secondary N) is 1. The van der Waals surface area contributed by atoms with Crippen LogP contribution < -0.4 is 16.0 Å². The lowest BCUT2D eigenvalue weighted by Crippen LogP contribution is -2.26. The van der Waals surface area contributed by atoms with Crippen molar-refractivity contribution in [2.75, 3.05) is 23.3 Å². The minimum Gasteiger partial charge on any atom is -0.383 e. The molecule has 0 fully saturated rings. The Balaban J connectivity index is 1.74. The fourth-order valence-corrected chi connectivity index (χ4v) is 3.83. The molecule has 1 aliphatic heterocycles. The van der Waals surface area contributed by atoms with E-state index in [1.54, 1.807) is 12.1 Å². The van der Waals surface area contributed by atoms with E-state index in [4.69, 9.17) is 10.7 Å². The second-order valence-electron chi connectivity index (χ2n) is 7.84. The second kappa shape index (κ2) is 7.76. The standard InChI is InChI=1S/C23H27FN4/c1-15-5-8-21-20(10-15)22(26-13-16(2)25)12-23(27-21)28-9-3-4-17-6-7-19(24)11-18(17)14-28/h5-8,10-12,16H,3-4,9,13-14,25H2,1-2H3,(H,26,27). The molecule has 3 N–H and O–H groups in total. The number of nitrogens with zero attached hydrogens (tertiary/aromatic N) is 2. The maximum Gasteiger partial charge on any atom is 0.131 e. The first-order valence-corrected chi connectivity index (χ1v) is 9.93. The SMILES string of the molecule is Cc1ccc2nc(N3CCCc4ccc(F)cc4C3)cc(NCC(C)N)c2c1. The summed E-state index contributed by atoms with van der Waals surface area (Å²) in [5, 5.41) is 4.59. The van der Waals surface area contributed by atoms with Crippen molar-refractivity contribution in [3.8, 4) is 0 Å². The molecular weight excluding hydrogens is 351 g/mol. The number of aromatic nitrogens is 1. The zero-order valence-corrected chi connectivity index (χ0v) is 16.5. The van der Waals surface area contributed by atoms with E-state index in [0.717, 1.165) is 47.4 Å². The van der Waals surface area contributed by atoms with Crippen LogP contribution in [0.4, 0.5) is 15.9 Å². The van der Waals surface area contributed by atoms with Gasteiger partial charge in [0.25, 0.3) is 0 Å². The zero-order chi connectivity index (χ0) is 19.7. The van der Waals surface area contributed by atoms with E-state index < -0.39 is 0 Å². The molecule has 0 bridgehead atoms. The van der Waals surface area contributed by atoms with Crippen molar-refractivity contribution in [1.82, 2.24) is 4.98 Å². The van der Waals surface area contributed by atoms with E-state index in [-0.39, 0.29) is 11.9 Å². The van der Waals surface area contributed by atoms with Gasteiger partial charge in [-0.3, -0.25) is 0 Å². The number of pyridine rings is 1. The number of halogens is 1. The first-order chi connectivity index (χ1) is 13.5. The maximum absolute atomic E-state index is 13.8. The lowest BCUT2D eigenvalue weighted by atomic mass is 10.0. The van der Waals surface area contributed by atoms with Crippen LogP contribution in [0.3, 0.4) is 0 Å². The van der Waals surface area contributed by atoms with Gasteiger partial charge in [-0.2, -0.15) is 0 Å². The Bertz CT molecular complexity index is 999. The molecule has 5 heteroatoms. The zero-order valence-electron chi connectivity index (χ0n) is 16.5. The normalized spacial score (nSPS) is 15.2. The van der Waals surface area contributed by atoms with Gasteiger partial charge in [0.2, 0.25) is 0 Å². The number of benzene rings is 2. The number of nitrogens with two attached hydrogens (primary N) is 1. The minimum absolute atomic E-state index is 0.0597. The van der Waals surface area contributed by atoms with E-state index in [9.17, 15) is 4.39 Å². The molecule has 0 amide bonds. The first kappa shape index (κ1) is 18.7. The number of fused-ring (bicyclic) bond motifs is 2. The monoisotopic (exact) mass is 378 g/mol. The quantitative estimate of drug-likeness (QED) is 0.707. The Morgan fingerprint density at radius 3 is 2.86 bits per heavy atom. The van der Waals surface area contributed by atoms with Gasteiger partial charge in [0.1, 0.15) is 11.6 Å². The average Bonchev–Trinajstić information content (AvgIpc) is 2.88. The van der Waals surface area contributed by atoms with Crippen molar-refractivity contribution in [1.29, 1.82) is 0 Å². The molecule has 0 radical (unpaired) electrons. The van der Waals surface area contributed by atoms with Crippen molar-refractivity contribution >= 4 is 22.4 Å². The van der Waals surface area contributed by atoms with Crippen LogP contribution in [0.1, 0.15) is 30.0 Å². The van der Waals surface area contributed by atoms with Gasteiger partial charge >= 0.3 is 0 Å². The van der Waals surface area contributed by atoms with Crippen LogP contribution in [-0.4, -0.2) is 24.1 Å². The van der Waals surface area contributed by atoms with E-state index in [0.29, 0.717) is 13.1 Å². The minimum atomic E-state index is -0.179. The molecule has 2 aromatic carbocycles. The van der Waals surface area contributed by atoms with Crippen molar-refractivity contribution in [2.24, 2.45) is 5.73 Å². The van der Waals surface area contributed by atoms with Gasteiger partial charge in [0, 0.05) is 42.8 Å². The summed E-state index contributed by atoms with van der Waals surface area (Å²) in [5.41, 5.74) is 11.4. The van der Waals surface area contributed by atoms with Crippen LogP contribution in [-0.2, 0) is 13.0 Å². The van der Waals surface area contributed by atoms with Crippen LogP contribution in [0.25, 0.3) is 10.9 Å². The van der Waals surface area contributed by atoms with E-state index >= 15 is 0 Å². The molecule has 28 heavy (non-hydrogen) atoms. The van der Waals surface area contributed by atoms with Gasteiger partial charge in [-0.15, -0.1) is 0 Å². The fraction of sp³-hybridized carbons (Fsp3) is 0.348. The van der Waals surface area contributed by atoms with Crippen LogP contribution in [0.5, 0.6) is 0 Å². The Morgan fingerprint density at radius 2 is 2.04 bits per heavy atom. The third kappa shape index (κ3) is 3.94. The lowest BCUT2D eigenvalue weighted by molar-refractivity contribution is 0.624. The highest BCUT2D eigenvalue weighted by Gasteiger charge is 2.18. The molecular formula is C23H27FN4. The van der Waals surface area contributed by atoms with Crippen molar-refractivity contribution in [3.05, 3.63) is 65.0 Å². The third-order valence-corrected chi connectivity index (χ3v) is 5.29. The van der Waals surface area contributed by atoms with Gasteiger partial charge in [-0.1, -0.05) is 17.7 Å². The molecule has 146 valence electrons. The van der Waals surface area contributed by atoms with Crippen LogP contribution in [0.15, 0.2) is 42.5 Å². The topological polar surface area (TPSA) is 54.2 Å².